The Kier molecular flexibility index (Phi) is 7.46. The molecule has 0 radical (unpaired) electrons. The van der Waals surface area contributed by atoms with E-state index in [9.17, 15) is 9.59 Å². The van der Waals surface area contributed by atoms with Gasteiger partial charge in [-0.1, -0.05) is 37.3 Å². The van der Waals surface area contributed by atoms with Crippen molar-refractivity contribution in [2.75, 3.05) is 19.6 Å². The van der Waals surface area contributed by atoms with E-state index in [4.69, 9.17) is 5.11 Å². The Hall–Kier alpha value is -1.88. The van der Waals surface area contributed by atoms with Crippen LogP contribution in [0, 0.1) is 5.92 Å². The van der Waals surface area contributed by atoms with Gasteiger partial charge in [-0.25, -0.2) is 0 Å². The number of carboxylic acid groups (broad SMARTS) is 1. The van der Waals surface area contributed by atoms with Crippen LogP contribution in [0.5, 0.6) is 0 Å². The summed E-state index contributed by atoms with van der Waals surface area (Å²) in [6.45, 7) is 5.81. The van der Waals surface area contributed by atoms with Crippen LogP contribution in [0.25, 0.3) is 0 Å². The highest BCUT2D eigenvalue weighted by molar-refractivity contribution is 5.72. The predicted octanol–water partition coefficient (Wildman–Crippen LogP) is 1.74. The number of benzene rings is 1. The number of nitrogens with one attached hydrogen (secondary N) is 1. The molecule has 2 N–H and O–H groups in total. The molecule has 21 heavy (non-hydrogen) atoms. The molecule has 5 nitrogen and oxygen atoms in total. The first-order valence-electron chi connectivity index (χ1n) is 7.22. The lowest BCUT2D eigenvalue weighted by Gasteiger charge is -2.24. The van der Waals surface area contributed by atoms with Gasteiger partial charge in [0, 0.05) is 33.1 Å². The fraction of sp³-hybridized carbons (Fsp3) is 0.500. The maximum atomic E-state index is 11.0. The van der Waals surface area contributed by atoms with E-state index in [-0.39, 0.29) is 5.91 Å². The number of rotatable bonds is 9. The summed E-state index contributed by atoms with van der Waals surface area (Å²) in [6, 6.07) is 9.99. The molecule has 0 aliphatic heterocycles. The molecule has 1 atom stereocenters. The molecular weight excluding hydrogens is 268 g/mol. The van der Waals surface area contributed by atoms with Gasteiger partial charge in [-0.15, -0.1) is 0 Å². The predicted molar refractivity (Wildman–Crippen MR) is 81.8 cm³/mol. The Morgan fingerprint density at radius 3 is 2.52 bits per heavy atom. The van der Waals surface area contributed by atoms with Crippen molar-refractivity contribution in [1.29, 1.82) is 0 Å². The van der Waals surface area contributed by atoms with E-state index in [1.807, 2.05) is 30.3 Å². The maximum Gasteiger partial charge on any atom is 0.307 e. The van der Waals surface area contributed by atoms with E-state index in [2.05, 4.69) is 10.2 Å². The van der Waals surface area contributed by atoms with Crippen LogP contribution in [0.2, 0.25) is 0 Å². The minimum absolute atomic E-state index is 0.0384. The average Bonchev–Trinajstić information content (AvgIpc) is 2.44. The fourth-order valence-corrected chi connectivity index (χ4v) is 2.11. The number of carbonyl (C=O) groups excluding carboxylic acids is 1. The number of hydrogen-bond donors (Lipinski definition) is 2. The third kappa shape index (κ3) is 7.46. The van der Waals surface area contributed by atoms with Gasteiger partial charge in [0.15, 0.2) is 0 Å². The summed E-state index contributed by atoms with van der Waals surface area (Å²) in [7, 11) is 0. The van der Waals surface area contributed by atoms with Crippen LogP contribution in [0.3, 0.4) is 0 Å². The number of carbonyl (C=O) groups is 2. The Labute approximate surface area is 126 Å². The largest absolute Gasteiger partial charge is 0.481 e. The summed E-state index contributed by atoms with van der Waals surface area (Å²) >= 11 is 0. The van der Waals surface area contributed by atoms with Crippen molar-refractivity contribution in [3.8, 4) is 0 Å². The minimum atomic E-state index is -0.782. The van der Waals surface area contributed by atoms with Gasteiger partial charge >= 0.3 is 5.97 Å². The fourth-order valence-electron chi connectivity index (χ4n) is 2.11. The van der Waals surface area contributed by atoms with Crippen LogP contribution in [0.4, 0.5) is 0 Å². The Balaban J connectivity index is 2.52. The van der Waals surface area contributed by atoms with Gasteiger partial charge in [-0.3, -0.25) is 14.5 Å². The smallest absolute Gasteiger partial charge is 0.307 e. The summed E-state index contributed by atoms with van der Waals surface area (Å²) in [5.41, 5.74) is 1.16. The molecule has 1 aromatic rings. The summed E-state index contributed by atoms with van der Waals surface area (Å²) in [5, 5.41) is 11.8. The third-order valence-electron chi connectivity index (χ3n) is 3.23. The zero-order chi connectivity index (χ0) is 15.7. The van der Waals surface area contributed by atoms with Crippen molar-refractivity contribution in [2.45, 2.75) is 26.8 Å². The van der Waals surface area contributed by atoms with Crippen molar-refractivity contribution in [2.24, 2.45) is 5.92 Å². The van der Waals surface area contributed by atoms with Crippen LogP contribution < -0.4 is 5.32 Å². The molecule has 0 aromatic heterocycles. The summed E-state index contributed by atoms with van der Waals surface area (Å²) in [5.74, 6) is -1.23. The zero-order valence-corrected chi connectivity index (χ0v) is 12.7. The molecule has 1 rings (SSSR count). The van der Waals surface area contributed by atoms with Gasteiger partial charge < -0.3 is 10.4 Å². The second kappa shape index (κ2) is 9.13. The first-order chi connectivity index (χ1) is 9.99. The SMILES string of the molecule is CC(=O)NCCCN(Cc1ccccc1)CC(C)C(=O)O. The van der Waals surface area contributed by atoms with Crippen molar-refractivity contribution < 1.29 is 14.7 Å². The monoisotopic (exact) mass is 292 g/mol. The molecule has 5 heteroatoms. The van der Waals surface area contributed by atoms with E-state index < -0.39 is 11.9 Å². The number of aliphatic carboxylic acids is 1. The molecule has 0 saturated heterocycles. The second-order valence-electron chi connectivity index (χ2n) is 5.30. The van der Waals surface area contributed by atoms with Gasteiger partial charge in [-0.05, 0) is 12.0 Å². The molecule has 0 saturated carbocycles. The van der Waals surface area contributed by atoms with Crippen molar-refractivity contribution in [1.82, 2.24) is 10.2 Å². The van der Waals surface area contributed by atoms with Gasteiger partial charge in [0.1, 0.15) is 0 Å². The summed E-state index contributed by atoms with van der Waals surface area (Å²) in [6.07, 6.45) is 0.804. The normalized spacial score (nSPS) is 12.1. The molecule has 0 aliphatic rings. The number of carboxylic acids is 1. The molecule has 0 fully saturated rings. The first kappa shape index (κ1) is 17.2. The Bertz CT molecular complexity index is 448. The number of hydrogen-bond acceptors (Lipinski definition) is 3. The van der Waals surface area contributed by atoms with Crippen molar-refractivity contribution in [3.63, 3.8) is 0 Å². The van der Waals surface area contributed by atoms with Gasteiger partial charge in [0.25, 0.3) is 0 Å². The molecule has 0 spiro atoms. The lowest BCUT2D eigenvalue weighted by atomic mass is 10.1. The topological polar surface area (TPSA) is 69.6 Å². The van der Waals surface area contributed by atoms with Crippen molar-refractivity contribution >= 4 is 11.9 Å². The van der Waals surface area contributed by atoms with E-state index in [0.29, 0.717) is 13.1 Å². The zero-order valence-electron chi connectivity index (χ0n) is 12.7. The van der Waals surface area contributed by atoms with E-state index >= 15 is 0 Å². The molecule has 1 unspecified atom stereocenters. The van der Waals surface area contributed by atoms with Crippen LogP contribution in [-0.4, -0.2) is 41.5 Å². The summed E-state index contributed by atoms with van der Waals surface area (Å²) < 4.78 is 0. The lowest BCUT2D eigenvalue weighted by molar-refractivity contribution is -0.141. The Morgan fingerprint density at radius 2 is 1.95 bits per heavy atom. The molecule has 0 aliphatic carbocycles. The van der Waals surface area contributed by atoms with E-state index in [1.165, 1.54) is 6.92 Å². The highest BCUT2D eigenvalue weighted by Gasteiger charge is 2.16. The molecule has 0 heterocycles. The molecular formula is C16H24N2O3. The van der Waals surface area contributed by atoms with Crippen LogP contribution >= 0.6 is 0 Å². The quantitative estimate of drug-likeness (QED) is 0.680. The number of amides is 1. The summed E-state index contributed by atoms with van der Waals surface area (Å²) in [4.78, 5) is 24.0. The minimum Gasteiger partial charge on any atom is -0.481 e. The van der Waals surface area contributed by atoms with Crippen LogP contribution in [-0.2, 0) is 16.1 Å². The molecule has 1 amide bonds. The maximum absolute atomic E-state index is 11.0. The second-order valence-corrected chi connectivity index (χ2v) is 5.30. The van der Waals surface area contributed by atoms with Crippen LogP contribution in [0.15, 0.2) is 30.3 Å². The van der Waals surface area contributed by atoms with Gasteiger partial charge in [0.05, 0.1) is 5.92 Å². The van der Waals surface area contributed by atoms with E-state index in [0.717, 1.165) is 25.1 Å². The highest BCUT2D eigenvalue weighted by Crippen LogP contribution is 2.08. The molecule has 1 aromatic carbocycles. The highest BCUT2D eigenvalue weighted by atomic mass is 16.4. The molecule has 0 bridgehead atoms. The van der Waals surface area contributed by atoms with Gasteiger partial charge in [0.2, 0.25) is 5.91 Å². The first-order valence-corrected chi connectivity index (χ1v) is 7.22. The Morgan fingerprint density at radius 1 is 1.29 bits per heavy atom. The standard InChI is InChI=1S/C16H24N2O3/c1-13(16(20)21)11-18(10-6-9-17-14(2)19)12-15-7-4-3-5-8-15/h3-5,7-8,13H,6,9-12H2,1-2H3,(H,17,19)(H,20,21). The molecule has 116 valence electrons. The van der Waals surface area contributed by atoms with E-state index in [1.54, 1.807) is 6.92 Å². The van der Waals surface area contributed by atoms with Gasteiger partial charge in [-0.2, -0.15) is 0 Å². The van der Waals surface area contributed by atoms with Crippen molar-refractivity contribution in [3.05, 3.63) is 35.9 Å². The number of nitrogens with zero attached hydrogens (tertiary/aromatic N) is 1. The average molecular weight is 292 g/mol. The lowest BCUT2D eigenvalue weighted by Crippen LogP contribution is -2.34. The third-order valence-corrected chi connectivity index (χ3v) is 3.23. The van der Waals surface area contributed by atoms with Crippen LogP contribution in [0.1, 0.15) is 25.8 Å².